The van der Waals surface area contributed by atoms with E-state index >= 15 is 0 Å². The van der Waals surface area contributed by atoms with Gasteiger partial charge in [-0.2, -0.15) is 0 Å². The Morgan fingerprint density at radius 1 is 1.03 bits per heavy atom. The maximum atomic E-state index is 7.53. The van der Waals surface area contributed by atoms with Crippen molar-refractivity contribution in [3.63, 3.8) is 0 Å². The van der Waals surface area contributed by atoms with Crippen molar-refractivity contribution in [2.75, 3.05) is 13.1 Å². The quantitative estimate of drug-likeness (QED) is 0.479. The van der Waals surface area contributed by atoms with Gasteiger partial charge in [-0.1, -0.05) is 31.2 Å². The molecule has 3 nitrogen and oxygen atoms in total. The highest BCUT2D eigenvalue weighted by Crippen LogP contribution is 2.69. The molecule has 2 aromatic rings. The average molecular weight is 467 g/mol. The van der Waals surface area contributed by atoms with Crippen molar-refractivity contribution in [2.24, 2.45) is 11.3 Å². The number of nitrogens with zero attached hydrogens (tertiary/aromatic N) is 2. The van der Waals surface area contributed by atoms with Crippen molar-refractivity contribution >= 4 is 10.8 Å². The van der Waals surface area contributed by atoms with Crippen molar-refractivity contribution in [3.05, 3.63) is 65.5 Å². The number of pyridine rings is 1. The van der Waals surface area contributed by atoms with Gasteiger partial charge < -0.3 is 9.64 Å². The summed E-state index contributed by atoms with van der Waals surface area (Å²) in [6.07, 6.45) is 22.0. The van der Waals surface area contributed by atoms with E-state index in [0.29, 0.717) is 11.8 Å². The molecule has 4 fully saturated rings. The number of benzene rings is 1. The Morgan fingerprint density at radius 2 is 1.94 bits per heavy atom. The molecule has 2 saturated heterocycles. The first kappa shape index (κ1) is 21.1. The van der Waals surface area contributed by atoms with E-state index in [0.717, 1.165) is 6.04 Å². The normalized spacial score (nSPS) is 42.4. The first-order chi connectivity index (χ1) is 17.1. The maximum Gasteiger partial charge on any atom is 0.0974 e. The van der Waals surface area contributed by atoms with Crippen molar-refractivity contribution in [2.45, 2.75) is 94.3 Å². The van der Waals surface area contributed by atoms with Crippen molar-refractivity contribution in [1.29, 1.82) is 0 Å². The summed E-state index contributed by atoms with van der Waals surface area (Å²) < 4.78 is 7.53. The van der Waals surface area contributed by atoms with Gasteiger partial charge in [0.2, 0.25) is 0 Å². The smallest absolute Gasteiger partial charge is 0.0974 e. The Morgan fingerprint density at radius 3 is 2.86 bits per heavy atom. The molecule has 1 aromatic heterocycles. The summed E-state index contributed by atoms with van der Waals surface area (Å²) >= 11 is 0. The predicted octanol–water partition coefficient (Wildman–Crippen LogP) is 6.94. The molecule has 3 heteroatoms. The first-order valence-electron chi connectivity index (χ1n) is 14.3. The lowest BCUT2D eigenvalue weighted by molar-refractivity contribution is -0.140. The van der Waals surface area contributed by atoms with Gasteiger partial charge >= 0.3 is 0 Å². The minimum Gasteiger partial charge on any atom is -0.359 e. The number of aromatic nitrogens is 1. The lowest BCUT2D eigenvalue weighted by Gasteiger charge is -2.55. The van der Waals surface area contributed by atoms with Crippen LogP contribution in [0.3, 0.4) is 0 Å². The third-order valence-electron chi connectivity index (χ3n) is 11.4. The van der Waals surface area contributed by atoms with Gasteiger partial charge in [-0.05, 0) is 129 Å². The van der Waals surface area contributed by atoms with Crippen LogP contribution >= 0.6 is 0 Å². The monoisotopic (exact) mass is 466 g/mol. The zero-order chi connectivity index (χ0) is 23.3. The molecule has 3 aliphatic heterocycles. The summed E-state index contributed by atoms with van der Waals surface area (Å²) in [6.45, 7) is 5.20. The second kappa shape index (κ2) is 7.29. The van der Waals surface area contributed by atoms with E-state index in [1.54, 1.807) is 11.1 Å². The van der Waals surface area contributed by atoms with Crippen LogP contribution < -0.4 is 0 Å². The summed E-state index contributed by atoms with van der Waals surface area (Å²) in [5, 5.41) is 2.57. The van der Waals surface area contributed by atoms with Crippen LogP contribution in [0.25, 0.3) is 10.8 Å². The van der Waals surface area contributed by atoms with Crippen LogP contribution in [0.1, 0.15) is 82.6 Å². The number of ether oxygens (including phenoxy) is 1. The van der Waals surface area contributed by atoms with E-state index in [1.165, 1.54) is 93.6 Å². The number of hydrogen-bond donors (Lipinski definition) is 0. The van der Waals surface area contributed by atoms with Crippen LogP contribution in [0.2, 0.25) is 0 Å². The lowest BCUT2D eigenvalue weighted by Crippen LogP contribution is -2.55. The van der Waals surface area contributed by atoms with E-state index < -0.39 is 0 Å². The van der Waals surface area contributed by atoms with Crippen LogP contribution in [-0.4, -0.2) is 40.2 Å². The molecule has 0 radical (unpaired) electrons. The van der Waals surface area contributed by atoms with Gasteiger partial charge in [-0.15, -0.1) is 0 Å². The number of hydrogen-bond acceptors (Lipinski definition) is 3. The minimum absolute atomic E-state index is 0.0216. The number of likely N-dealkylation sites (tertiary alicyclic amines) is 1. The first-order valence-corrected chi connectivity index (χ1v) is 14.3. The fourth-order valence-electron chi connectivity index (χ4n) is 9.67. The largest absolute Gasteiger partial charge is 0.359 e. The number of rotatable bonds is 2. The molecule has 2 bridgehead atoms. The van der Waals surface area contributed by atoms with E-state index in [-0.39, 0.29) is 16.6 Å². The summed E-state index contributed by atoms with van der Waals surface area (Å²) in [4.78, 5) is 7.18. The van der Waals surface area contributed by atoms with Crippen LogP contribution in [0, 0.1) is 11.3 Å². The molecule has 35 heavy (non-hydrogen) atoms. The molecule has 4 heterocycles. The lowest BCUT2D eigenvalue weighted by atomic mass is 9.58. The topological polar surface area (TPSA) is 25.4 Å². The molecule has 2 saturated carbocycles. The Balaban J connectivity index is 1.15. The SMILES string of the molecule is C[C@]12CC=C3C=C4CCC(N5CCCC5)C[C@]45CC[C@]3(O5)[C@@H]1CCC2c1ccc2ccncc2c1. The van der Waals surface area contributed by atoms with E-state index in [9.17, 15) is 0 Å². The zero-order valence-electron chi connectivity index (χ0n) is 21.1. The van der Waals surface area contributed by atoms with Gasteiger partial charge in [-0.3, -0.25) is 4.98 Å². The molecule has 0 amide bonds. The van der Waals surface area contributed by atoms with Crippen LogP contribution in [0.4, 0.5) is 0 Å². The Labute approximate surface area is 209 Å². The molecule has 182 valence electrons. The predicted molar refractivity (Wildman–Crippen MR) is 140 cm³/mol. The highest BCUT2D eigenvalue weighted by molar-refractivity contribution is 5.82. The highest BCUT2D eigenvalue weighted by Gasteiger charge is 2.66. The molecule has 8 rings (SSSR count). The van der Waals surface area contributed by atoms with Crippen LogP contribution in [0.15, 0.2) is 60.0 Å². The van der Waals surface area contributed by atoms with E-state index in [4.69, 9.17) is 4.74 Å². The Hall–Kier alpha value is -1.97. The van der Waals surface area contributed by atoms with E-state index in [1.807, 2.05) is 12.4 Å². The highest BCUT2D eigenvalue weighted by atomic mass is 16.5. The number of allylic oxidation sites excluding steroid dienone is 1. The summed E-state index contributed by atoms with van der Waals surface area (Å²) in [7, 11) is 0. The average Bonchev–Trinajstić information content (AvgIpc) is 3.60. The van der Waals surface area contributed by atoms with Crippen molar-refractivity contribution < 1.29 is 4.74 Å². The second-order valence-electron chi connectivity index (χ2n) is 12.8. The van der Waals surface area contributed by atoms with Gasteiger partial charge in [0.25, 0.3) is 0 Å². The van der Waals surface area contributed by atoms with Crippen molar-refractivity contribution in [1.82, 2.24) is 9.88 Å². The molecule has 1 aromatic carbocycles. The van der Waals surface area contributed by atoms with Gasteiger partial charge in [0, 0.05) is 23.8 Å². The number of fused-ring (bicyclic) bond motifs is 2. The van der Waals surface area contributed by atoms with Gasteiger partial charge in [0.15, 0.2) is 0 Å². The Bertz CT molecular complexity index is 1260. The van der Waals surface area contributed by atoms with Gasteiger partial charge in [0.05, 0.1) is 11.2 Å². The third kappa shape index (κ3) is 2.83. The minimum atomic E-state index is -0.0451. The molecule has 3 aliphatic carbocycles. The standard InChI is InChI=1S/C32H38N2O/c1-30-12-10-26-19-25-6-7-27(34-16-2-3-17-34)20-31(25)13-14-32(26,35-31)29(30)9-8-28(30)23-5-4-22-11-15-33-21-24(22)18-23/h4-5,10-11,15,18-19,21,27-29H,2-3,6-9,12-14,16-17,20H2,1H3/t27?,28?,29-,30-,31-,32-/m1/s1. The second-order valence-corrected chi connectivity index (χ2v) is 12.8. The zero-order valence-corrected chi connectivity index (χ0v) is 21.1. The molecular formula is C32H38N2O. The Kier molecular flexibility index (Phi) is 4.41. The molecule has 6 atom stereocenters. The van der Waals surface area contributed by atoms with E-state index in [2.05, 4.69) is 53.2 Å². The third-order valence-corrected chi connectivity index (χ3v) is 11.4. The summed E-state index contributed by atoms with van der Waals surface area (Å²) in [6, 6.07) is 9.99. The maximum absolute atomic E-state index is 7.53. The summed E-state index contributed by atoms with van der Waals surface area (Å²) in [5.41, 5.74) is 4.93. The molecule has 2 spiro atoms. The molecular weight excluding hydrogens is 428 g/mol. The molecule has 6 aliphatic rings. The van der Waals surface area contributed by atoms with Crippen LogP contribution in [0.5, 0.6) is 0 Å². The van der Waals surface area contributed by atoms with Gasteiger partial charge in [-0.25, -0.2) is 0 Å². The molecule has 2 unspecified atom stereocenters. The fourth-order valence-corrected chi connectivity index (χ4v) is 9.67. The van der Waals surface area contributed by atoms with Crippen LogP contribution in [-0.2, 0) is 4.74 Å². The van der Waals surface area contributed by atoms with Crippen molar-refractivity contribution in [3.8, 4) is 0 Å². The fraction of sp³-hybridized carbons (Fsp3) is 0.594. The van der Waals surface area contributed by atoms with Gasteiger partial charge in [0.1, 0.15) is 0 Å². The summed E-state index contributed by atoms with van der Waals surface area (Å²) in [5.74, 6) is 1.22. The molecule has 0 N–H and O–H groups in total.